The predicted molar refractivity (Wildman–Crippen MR) is 95.9 cm³/mol. The maximum atomic E-state index is 12.5. The van der Waals surface area contributed by atoms with Gasteiger partial charge in [-0.05, 0) is 36.4 Å². The Morgan fingerprint density at radius 1 is 1.12 bits per heavy atom. The van der Waals surface area contributed by atoms with Crippen LogP contribution in [0.5, 0.6) is 5.75 Å². The first kappa shape index (κ1) is 17.6. The minimum absolute atomic E-state index is 0.0403. The number of hydrogen-bond donors (Lipinski definition) is 2. The van der Waals surface area contributed by atoms with Crippen LogP contribution in [0.4, 0.5) is 5.69 Å². The highest BCUT2D eigenvalue weighted by Gasteiger charge is 2.19. The van der Waals surface area contributed by atoms with Gasteiger partial charge in [0.1, 0.15) is 0 Å². The Labute approximate surface area is 150 Å². The van der Waals surface area contributed by atoms with Crippen molar-refractivity contribution < 1.29 is 17.9 Å². The van der Waals surface area contributed by atoms with Crippen LogP contribution >= 0.6 is 0 Å². The Morgan fingerprint density at radius 2 is 1.77 bits per heavy atom. The molecule has 2 aromatic carbocycles. The highest BCUT2D eigenvalue weighted by atomic mass is 32.2. The van der Waals surface area contributed by atoms with Crippen molar-refractivity contribution >= 4 is 21.6 Å². The average Bonchev–Trinajstić information content (AvgIpc) is 3.07. The van der Waals surface area contributed by atoms with E-state index in [1.807, 2.05) is 30.3 Å². The van der Waals surface area contributed by atoms with Crippen molar-refractivity contribution in [3.05, 3.63) is 66.5 Å². The second-order valence-corrected chi connectivity index (χ2v) is 6.91. The van der Waals surface area contributed by atoms with Gasteiger partial charge in [-0.3, -0.25) is 4.79 Å². The van der Waals surface area contributed by atoms with Crippen LogP contribution in [0.1, 0.15) is 10.5 Å². The van der Waals surface area contributed by atoms with E-state index in [9.17, 15) is 13.2 Å². The van der Waals surface area contributed by atoms with E-state index >= 15 is 0 Å². The summed E-state index contributed by atoms with van der Waals surface area (Å²) in [6.07, 6.45) is 1.61. The highest BCUT2D eigenvalue weighted by Crippen LogP contribution is 2.21. The minimum atomic E-state index is -3.79. The molecule has 26 heavy (non-hydrogen) atoms. The molecule has 0 saturated carbocycles. The summed E-state index contributed by atoms with van der Waals surface area (Å²) in [6, 6.07) is 14.8. The largest absolute Gasteiger partial charge is 0.493 e. The van der Waals surface area contributed by atoms with Gasteiger partial charge in [0, 0.05) is 5.69 Å². The number of ether oxygens (including phenoxy) is 1. The van der Waals surface area contributed by atoms with E-state index in [1.165, 1.54) is 36.1 Å². The van der Waals surface area contributed by atoms with Gasteiger partial charge in [-0.2, -0.15) is 5.10 Å². The molecule has 8 nitrogen and oxygen atoms in total. The smallest absolute Gasteiger partial charge is 0.280 e. The van der Waals surface area contributed by atoms with Gasteiger partial charge in [0.2, 0.25) is 10.0 Å². The van der Waals surface area contributed by atoms with Gasteiger partial charge < -0.3 is 10.1 Å². The molecule has 0 aliphatic rings. The Morgan fingerprint density at radius 3 is 2.35 bits per heavy atom. The minimum Gasteiger partial charge on any atom is -0.493 e. The van der Waals surface area contributed by atoms with Crippen LogP contribution in [0.15, 0.2) is 65.7 Å². The number of hydrogen-bond acceptors (Lipinski definition) is 5. The van der Waals surface area contributed by atoms with Gasteiger partial charge in [-0.1, -0.05) is 18.2 Å². The van der Waals surface area contributed by atoms with Crippen molar-refractivity contribution in [3.63, 3.8) is 0 Å². The molecule has 0 bridgehead atoms. The maximum absolute atomic E-state index is 12.5. The number of nitrogens with two attached hydrogens (primary N) is 1. The van der Waals surface area contributed by atoms with E-state index in [2.05, 4.69) is 10.4 Å². The summed E-state index contributed by atoms with van der Waals surface area (Å²) >= 11 is 0. The molecule has 3 N–H and O–H groups in total. The van der Waals surface area contributed by atoms with Crippen LogP contribution in [0.2, 0.25) is 0 Å². The number of amides is 1. The molecule has 3 rings (SSSR count). The molecule has 134 valence electrons. The number of nitrogens with one attached hydrogen (secondary N) is 1. The lowest BCUT2D eigenvalue weighted by molar-refractivity contribution is 0.101. The summed E-state index contributed by atoms with van der Waals surface area (Å²) in [5.74, 6) is -0.174. The summed E-state index contributed by atoms with van der Waals surface area (Å²) in [7, 11) is -2.34. The zero-order valence-electron chi connectivity index (χ0n) is 13.8. The monoisotopic (exact) mass is 372 g/mol. The standard InChI is InChI=1S/C17H16N4O4S/c1-25-15-11-21(13-5-3-2-4-6-13)20-16(15)17(22)19-12-7-9-14(10-8-12)26(18,23)24/h2-11H,1H3,(H,19,22)(H2,18,23,24). The van der Waals surface area contributed by atoms with Gasteiger partial charge in [0.15, 0.2) is 11.4 Å². The quantitative estimate of drug-likeness (QED) is 0.708. The number of para-hydroxylation sites is 1. The second-order valence-electron chi connectivity index (χ2n) is 5.35. The molecule has 0 aliphatic heterocycles. The van der Waals surface area contributed by atoms with E-state index < -0.39 is 15.9 Å². The van der Waals surface area contributed by atoms with E-state index in [0.717, 1.165) is 5.69 Å². The molecule has 0 spiro atoms. The number of sulfonamides is 1. The van der Waals surface area contributed by atoms with Crippen molar-refractivity contribution in [2.45, 2.75) is 4.90 Å². The fourth-order valence-corrected chi connectivity index (χ4v) is 2.81. The second kappa shape index (κ2) is 6.98. The van der Waals surface area contributed by atoms with E-state index in [4.69, 9.17) is 9.88 Å². The van der Waals surface area contributed by atoms with Gasteiger partial charge >= 0.3 is 0 Å². The normalized spacial score (nSPS) is 11.2. The molecule has 0 radical (unpaired) electrons. The van der Waals surface area contributed by atoms with Crippen molar-refractivity contribution in [1.29, 1.82) is 0 Å². The van der Waals surface area contributed by atoms with Crippen molar-refractivity contribution in [1.82, 2.24) is 9.78 Å². The fourth-order valence-electron chi connectivity index (χ4n) is 2.30. The van der Waals surface area contributed by atoms with Crippen LogP contribution in [0.25, 0.3) is 5.69 Å². The Kier molecular flexibility index (Phi) is 4.74. The first-order valence-corrected chi connectivity index (χ1v) is 9.06. The third kappa shape index (κ3) is 3.73. The number of benzene rings is 2. The molecule has 1 amide bonds. The summed E-state index contributed by atoms with van der Waals surface area (Å²) in [5, 5.41) is 12.0. The summed E-state index contributed by atoms with van der Waals surface area (Å²) in [4.78, 5) is 12.5. The Hall–Kier alpha value is -3.17. The number of anilines is 1. The number of rotatable bonds is 5. The number of methoxy groups -OCH3 is 1. The number of carbonyl (C=O) groups excluding carboxylic acids is 1. The third-order valence-electron chi connectivity index (χ3n) is 3.58. The molecule has 0 unspecified atom stereocenters. The zero-order chi connectivity index (χ0) is 18.7. The molecular weight excluding hydrogens is 356 g/mol. The molecule has 0 aliphatic carbocycles. The number of aromatic nitrogens is 2. The molecule has 1 aromatic heterocycles. The van der Waals surface area contributed by atoms with E-state index in [-0.39, 0.29) is 10.6 Å². The van der Waals surface area contributed by atoms with E-state index in [0.29, 0.717) is 11.4 Å². The molecular formula is C17H16N4O4S. The first-order chi connectivity index (χ1) is 12.4. The first-order valence-electron chi connectivity index (χ1n) is 7.52. The summed E-state index contributed by atoms with van der Waals surface area (Å²) in [6.45, 7) is 0. The lowest BCUT2D eigenvalue weighted by Gasteiger charge is -2.05. The molecule has 1 heterocycles. The number of primary sulfonamides is 1. The van der Waals surface area contributed by atoms with Crippen molar-refractivity contribution in [3.8, 4) is 11.4 Å². The van der Waals surface area contributed by atoms with E-state index in [1.54, 1.807) is 6.20 Å². The van der Waals surface area contributed by atoms with Crippen molar-refractivity contribution in [2.75, 3.05) is 12.4 Å². The summed E-state index contributed by atoms with van der Waals surface area (Å²) < 4.78 is 29.3. The van der Waals surface area contributed by atoms with Crippen LogP contribution in [0.3, 0.4) is 0 Å². The highest BCUT2D eigenvalue weighted by molar-refractivity contribution is 7.89. The molecule has 0 fully saturated rings. The van der Waals surface area contributed by atoms with Gasteiger partial charge in [-0.25, -0.2) is 18.2 Å². The maximum Gasteiger partial charge on any atom is 0.280 e. The number of carbonyl (C=O) groups is 1. The fraction of sp³-hybridized carbons (Fsp3) is 0.0588. The molecule has 0 atom stereocenters. The van der Waals surface area contributed by atoms with Crippen LogP contribution < -0.4 is 15.2 Å². The third-order valence-corrected chi connectivity index (χ3v) is 4.51. The van der Waals surface area contributed by atoms with Crippen LogP contribution in [-0.4, -0.2) is 31.2 Å². The van der Waals surface area contributed by atoms with Crippen LogP contribution in [0, 0.1) is 0 Å². The average molecular weight is 372 g/mol. The topological polar surface area (TPSA) is 116 Å². The lowest BCUT2D eigenvalue weighted by atomic mass is 10.3. The van der Waals surface area contributed by atoms with Gasteiger partial charge in [0.05, 0.1) is 23.9 Å². The Bertz CT molecular complexity index is 1030. The van der Waals surface area contributed by atoms with Gasteiger partial charge in [0.25, 0.3) is 5.91 Å². The van der Waals surface area contributed by atoms with Crippen molar-refractivity contribution in [2.24, 2.45) is 5.14 Å². The van der Waals surface area contributed by atoms with Gasteiger partial charge in [-0.15, -0.1) is 0 Å². The molecule has 3 aromatic rings. The predicted octanol–water partition coefficient (Wildman–Crippen LogP) is 1.78. The zero-order valence-corrected chi connectivity index (χ0v) is 14.6. The number of nitrogens with zero attached hydrogens (tertiary/aromatic N) is 2. The SMILES string of the molecule is COc1cn(-c2ccccc2)nc1C(=O)Nc1ccc(S(N)(=O)=O)cc1. The summed E-state index contributed by atoms with van der Waals surface area (Å²) in [5.41, 5.74) is 1.29. The van der Waals surface area contributed by atoms with Crippen LogP contribution in [-0.2, 0) is 10.0 Å². The molecule has 0 saturated heterocycles. The lowest BCUT2D eigenvalue weighted by Crippen LogP contribution is -2.15. The molecule has 9 heteroatoms. The Balaban J connectivity index is 1.85.